The molecule has 0 saturated carbocycles. The number of hydrogen-bond donors (Lipinski definition) is 1. The molecule has 0 aliphatic carbocycles. The Morgan fingerprint density at radius 3 is 2.74 bits per heavy atom. The lowest BCUT2D eigenvalue weighted by atomic mass is 10.3. The van der Waals surface area contributed by atoms with Gasteiger partial charge in [0, 0.05) is 37.0 Å². The van der Waals surface area contributed by atoms with Gasteiger partial charge in [-0.3, -0.25) is 4.68 Å². The second-order valence-electron chi connectivity index (χ2n) is 6.28. The fourth-order valence-corrected chi connectivity index (χ4v) is 3.41. The van der Waals surface area contributed by atoms with Crippen molar-refractivity contribution in [3.63, 3.8) is 0 Å². The zero-order chi connectivity index (χ0) is 15.8. The molecule has 0 atom stereocenters. The van der Waals surface area contributed by atoms with Crippen molar-refractivity contribution in [3.8, 4) is 0 Å². The van der Waals surface area contributed by atoms with E-state index in [4.69, 9.17) is 10.1 Å². The van der Waals surface area contributed by atoms with Crippen LogP contribution in [0, 0.1) is 6.92 Å². The Bertz CT molecular complexity index is 707. The van der Waals surface area contributed by atoms with E-state index in [1.807, 2.05) is 17.8 Å². The fourth-order valence-electron chi connectivity index (χ4n) is 3.41. The molecule has 23 heavy (non-hydrogen) atoms. The predicted molar refractivity (Wildman–Crippen MR) is 87.4 cm³/mol. The number of fused-ring (bicyclic) bond motifs is 1. The van der Waals surface area contributed by atoms with Crippen LogP contribution in [0.1, 0.15) is 29.8 Å². The molecule has 0 bridgehead atoms. The molecule has 4 heterocycles. The number of anilines is 2. The van der Waals surface area contributed by atoms with Crippen molar-refractivity contribution >= 4 is 11.8 Å². The van der Waals surface area contributed by atoms with Gasteiger partial charge in [0.2, 0.25) is 5.95 Å². The Morgan fingerprint density at radius 2 is 1.96 bits per heavy atom. The molecule has 0 aromatic carbocycles. The molecule has 0 amide bonds. The largest absolute Gasteiger partial charge is 0.394 e. The Labute approximate surface area is 135 Å². The molecule has 7 nitrogen and oxygen atoms in total. The molecule has 0 radical (unpaired) electrons. The number of hydrogen-bond acceptors (Lipinski definition) is 6. The SMILES string of the molecule is Cc1cc(N2Cc3cnn(CCO)c3C2)nc(N2CCCC2)n1. The van der Waals surface area contributed by atoms with Gasteiger partial charge in [-0.25, -0.2) is 4.98 Å². The highest BCUT2D eigenvalue weighted by molar-refractivity contribution is 5.49. The Balaban J connectivity index is 1.59. The molecule has 0 unspecified atom stereocenters. The van der Waals surface area contributed by atoms with E-state index in [9.17, 15) is 0 Å². The first-order valence-corrected chi connectivity index (χ1v) is 8.24. The molecular formula is C16H22N6O. The molecule has 7 heteroatoms. The van der Waals surface area contributed by atoms with Gasteiger partial charge in [0.1, 0.15) is 5.82 Å². The van der Waals surface area contributed by atoms with Crippen LogP contribution in [0.15, 0.2) is 12.3 Å². The first kappa shape index (κ1) is 14.4. The smallest absolute Gasteiger partial charge is 0.227 e. The van der Waals surface area contributed by atoms with Crippen LogP contribution < -0.4 is 9.80 Å². The van der Waals surface area contributed by atoms with Crippen LogP contribution in [0.4, 0.5) is 11.8 Å². The maximum atomic E-state index is 9.15. The summed E-state index contributed by atoms with van der Waals surface area (Å²) in [6, 6.07) is 2.05. The van der Waals surface area contributed by atoms with E-state index in [0.717, 1.165) is 43.6 Å². The number of aryl methyl sites for hydroxylation is 1. The van der Waals surface area contributed by atoms with Gasteiger partial charge in [-0.15, -0.1) is 0 Å². The van der Waals surface area contributed by atoms with E-state index >= 15 is 0 Å². The Morgan fingerprint density at radius 1 is 1.13 bits per heavy atom. The van der Waals surface area contributed by atoms with Crippen molar-refractivity contribution in [2.45, 2.75) is 39.4 Å². The molecule has 1 N–H and O–H groups in total. The first-order chi connectivity index (χ1) is 11.2. The highest BCUT2D eigenvalue weighted by Crippen LogP contribution is 2.28. The number of aliphatic hydroxyl groups excluding tert-OH is 1. The molecule has 4 rings (SSSR count). The Hall–Kier alpha value is -2.15. The lowest BCUT2D eigenvalue weighted by molar-refractivity contribution is 0.267. The van der Waals surface area contributed by atoms with Gasteiger partial charge in [0.05, 0.1) is 31.6 Å². The van der Waals surface area contributed by atoms with Crippen LogP contribution in [0.5, 0.6) is 0 Å². The minimum atomic E-state index is 0.111. The second kappa shape index (κ2) is 5.81. The minimum Gasteiger partial charge on any atom is -0.394 e. The van der Waals surface area contributed by atoms with E-state index in [0.29, 0.717) is 6.54 Å². The van der Waals surface area contributed by atoms with Crippen LogP contribution >= 0.6 is 0 Å². The van der Waals surface area contributed by atoms with Gasteiger partial charge in [-0.2, -0.15) is 10.1 Å². The molecule has 0 spiro atoms. The third-order valence-corrected chi connectivity index (χ3v) is 4.59. The highest BCUT2D eigenvalue weighted by atomic mass is 16.3. The number of aliphatic hydroxyl groups is 1. The summed E-state index contributed by atoms with van der Waals surface area (Å²) in [5, 5.41) is 13.5. The first-order valence-electron chi connectivity index (χ1n) is 8.24. The summed E-state index contributed by atoms with van der Waals surface area (Å²) in [5.74, 6) is 1.83. The topological polar surface area (TPSA) is 70.3 Å². The Kier molecular flexibility index (Phi) is 3.65. The van der Waals surface area contributed by atoms with Crippen molar-refractivity contribution in [1.82, 2.24) is 19.7 Å². The number of rotatable bonds is 4. The lowest BCUT2D eigenvalue weighted by Crippen LogP contribution is -2.24. The molecular weight excluding hydrogens is 292 g/mol. The van der Waals surface area contributed by atoms with Crippen LogP contribution in [-0.4, -0.2) is 44.6 Å². The fraction of sp³-hybridized carbons (Fsp3) is 0.562. The summed E-state index contributed by atoms with van der Waals surface area (Å²) in [6.45, 7) is 6.39. The van der Waals surface area contributed by atoms with Gasteiger partial charge < -0.3 is 14.9 Å². The maximum Gasteiger partial charge on any atom is 0.227 e. The predicted octanol–water partition coefficient (Wildman–Crippen LogP) is 1.09. The van der Waals surface area contributed by atoms with Gasteiger partial charge in [0.25, 0.3) is 0 Å². The van der Waals surface area contributed by atoms with Crippen molar-refractivity contribution in [3.05, 3.63) is 29.2 Å². The van der Waals surface area contributed by atoms with Crippen molar-refractivity contribution < 1.29 is 5.11 Å². The third kappa shape index (κ3) is 2.65. The van der Waals surface area contributed by atoms with Gasteiger partial charge in [0.15, 0.2) is 0 Å². The molecule has 1 fully saturated rings. The standard InChI is InChI=1S/C16H22N6O/c1-12-8-15(19-16(18-12)20-4-2-3-5-20)21-10-13-9-17-22(6-7-23)14(13)11-21/h8-9,23H,2-7,10-11H2,1H3. The molecule has 2 aliphatic rings. The van der Waals surface area contributed by atoms with Gasteiger partial charge in [-0.05, 0) is 19.8 Å². The molecule has 2 aliphatic heterocycles. The van der Waals surface area contributed by atoms with Crippen LogP contribution in [-0.2, 0) is 19.6 Å². The van der Waals surface area contributed by atoms with Gasteiger partial charge in [-0.1, -0.05) is 0 Å². The zero-order valence-electron chi connectivity index (χ0n) is 13.4. The summed E-state index contributed by atoms with van der Waals surface area (Å²) in [5.41, 5.74) is 3.40. The maximum absolute atomic E-state index is 9.15. The van der Waals surface area contributed by atoms with Crippen LogP contribution in [0.25, 0.3) is 0 Å². The van der Waals surface area contributed by atoms with E-state index in [2.05, 4.69) is 25.9 Å². The summed E-state index contributed by atoms with van der Waals surface area (Å²) >= 11 is 0. The average molecular weight is 314 g/mol. The summed E-state index contributed by atoms with van der Waals surface area (Å²) in [6.07, 6.45) is 4.35. The van der Waals surface area contributed by atoms with Gasteiger partial charge >= 0.3 is 0 Å². The molecule has 2 aromatic rings. The van der Waals surface area contributed by atoms with Crippen molar-refractivity contribution in [2.24, 2.45) is 0 Å². The molecule has 122 valence electrons. The summed E-state index contributed by atoms with van der Waals surface area (Å²) in [7, 11) is 0. The monoisotopic (exact) mass is 314 g/mol. The number of aromatic nitrogens is 4. The normalized spacial score (nSPS) is 17.1. The second-order valence-corrected chi connectivity index (χ2v) is 6.28. The molecule has 1 saturated heterocycles. The van der Waals surface area contributed by atoms with Crippen LogP contribution in [0.3, 0.4) is 0 Å². The lowest BCUT2D eigenvalue weighted by Gasteiger charge is -2.21. The zero-order valence-corrected chi connectivity index (χ0v) is 13.4. The van der Waals surface area contributed by atoms with Crippen molar-refractivity contribution in [2.75, 3.05) is 29.5 Å². The third-order valence-electron chi connectivity index (χ3n) is 4.59. The van der Waals surface area contributed by atoms with Crippen molar-refractivity contribution in [1.29, 1.82) is 0 Å². The quantitative estimate of drug-likeness (QED) is 0.911. The minimum absolute atomic E-state index is 0.111. The summed E-state index contributed by atoms with van der Waals surface area (Å²) in [4.78, 5) is 13.9. The van der Waals surface area contributed by atoms with E-state index in [-0.39, 0.29) is 6.61 Å². The van der Waals surface area contributed by atoms with E-state index < -0.39 is 0 Å². The molecule has 2 aromatic heterocycles. The average Bonchev–Trinajstić information content (AvgIpc) is 3.25. The van der Waals surface area contributed by atoms with E-state index in [1.165, 1.54) is 24.1 Å². The number of nitrogens with zero attached hydrogens (tertiary/aromatic N) is 6. The van der Waals surface area contributed by atoms with E-state index in [1.54, 1.807) is 0 Å². The highest BCUT2D eigenvalue weighted by Gasteiger charge is 2.26. The van der Waals surface area contributed by atoms with Crippen LogP contribution in [0.2, 0.25) is 0 Å². The summed E-state index contributed by atoms with van der Waals surface area (Å²) < 4.78 is 1.89.